The number of nitrogens with one attached hydrogen (secondary N) is 1. The molecule has 234 valence electrons. The zero-order valence-corrected chi connectivity index (χ0v) is 24.2. The molecule has 1 aromatic carbocycles. The van der Waals surface area contributed by atoms with Crippen molar-refractivity contribution in [1.29, 1.82) is 5.26 Å². The number of alkyl halides is 6. The van der Waals surface area contributed by atoms with Crippen molar-refractivity contribution in [3.63, 3.8) is 0 Å². The average Bonchev–Trinajstić information content (AvgIpc) is 3.80. The lowest BCUT2D eigenvalue weighted by Gasteiger charge is -2.31. The second-order valence-electron chi connectivity index (χ2n) is 12.0. The molecule has 0 aromatic heterocycles. The molecule has 3 atom stereocenters. The van der Waals surface area contributed by atoms with Crippen LogP contribution in [-0.4, -0.2) is 67.4 Å². The number of hydrogen-bond donors (Lipinski definition) is 1. The number of rotatable bonds is 7. The Balaban J connectivity index is 1.41. The van der Waals surface area contributed by atoms with E-state index < -0.39 is 87.5 Å². The summed E-state index contributed by atoms with van der Waals surface area (Å²) in [6, 6.07) is 4.38. The molecule has 1 saturated heterocycles. The predicted octanol–water partition coefficient (Wildman–Crippen LogP) is 4.55. The quantitative estimate of drug-likeness (QED) is 0.442. The summed E-state index contributed by atoms with van der Waals surface area (Å²) in [5, 5.41) is 10.4. The van der Waals surface area contributed by atoms with Gasteiger partial charge < -0.3 is 15.1 Å². The predicted molar refractivity (Wildman–Crippen MR) is 141 cm³/mol. The second kappa shape index (κ2) is 9.87. The molecule has 0 radical (unpaired) electrons. The van der Waals surface area contributed by atoms with Gasteiger partial charge in [0.2, 0.25) is 11.8 Å². The molecule has 43 heavy (non-hydrogen) atoms. The maximum Gasteiger partial charge on any atom is 0.403 e. The molecule has 4 aliphatic rings. The normalized spacial score (nSPS) is 27.6. The highest BCUT2D eigenvalue weighted by Gasteiger charge is 2.70. The summed E-state index contributed by atoms with van der Waals surface area (Å²) in [5.41, 5.74) is -5.42. The summed E-state index contributed by atoms with van der Waals surface area (Å²) in [6.45, 7) is 1.83. The number of benzene rings is 1. The van der Waals surface area contributed by atoms with E-state index >= 15 is 0 Å². The minimum atomic E-state index is -4.88. The van der Waals surface area contributed by atoms with Crippen molar-refractivity contribution in [2.24, 2.45) is 10.8 Å². The molecular formula is C28H30F6N4O4S. The van der Waals surface area contributed by atoms with Gasteiger partial charge in [0, 0.05) is 25.0 Å². The molecule has 0 spiro atoms. The van der Waals surface area contributed by atoms with E-state index in [1.165, 1.54) is 43.1 Å². The fourth-order valence-electron chi connectivity index (χ4n) is 5.97. The summed E-state index contributed by atoms with van der Waals surface area (Å²) < 4.78 is 110. The SMILES string of the molecule is CCC1(C(F)(F)F)C=CN(c2ccc(S(=O)(=O)[C@@H]3C[C@@H](C(=O)NC4(C#N)CC4)N(C(=O)C4(C(F)(F)F)CC4)C3)c(C)c2)C1. The average molecular weight is 633 g/mol. The third-order valence-electron chi connectivity index (χ3n) is 9.31. The molecule has 1 unspecified atom stereocenters. The van der Waals surface area contributed by atoms with E-state index in [2.05, 4.69) is 5.32 Å². The van der Waals surface area contributed by atoms with E-state index in [0.29, 0.717) is 23.4 Å². The highest BCUT2D eigenvalue weighted by atomic mass is 32.2. The summed E-state index contributed by atoms with van der Waals surface area (Å²) >= 11 is 0. The van der Waals surface area contributed by atoms with Gasteiger partial charge >= 0.3 is 12.4 Å². The first-order valence-corrected chi connectivity index (χ1v) is 15.4. The standard InChI is InChI=1S/C28H30F6N4O4S/c1-3-24(27(29,30)31)10-11-37(16-24)18-4-5-21(17(2)12-18)43(41,42)19-13-20(22(39)36-25(15-35)6-7-25)38(14-19)23(40)26(8-9-26)28(32,33)34/h4-5,10-12,19-20H,3,6-9,13-14,16H2,1-2H3,(H,36,39)/t19-,20+,24?/m1/s1. The van der Waals surface area contributed by atoms with E-state index in [-0.39, 0.29) is 23.4 Å². The van der Waals surface area contributed by atoms with Crippen molar-refractivity contribution in [1.82, 2.24) is 10.2 Å². The van der Waals surface area contributed by atoms with Gasteiger partial charge in [-0.15, -0.1) is 0 Å². The molecule has 2 aliphatic heterocycles. The maximum atomic E-state index is 13.8. The van der Waals surface area contributed by atoms with E-state index in [1.807, 2.05) is 6.07 Å². The van der Waals surface area contributed by atoms with Crippen molar-refractivity contribution in [3.05, 3.63) is 36.0 Å². The first-order chi connectivity index (χ1) is 19.9. The van der Waals surface area contributed by atoms with Crippen molar-refractivity contribution < 1.29 is 44.3 Å². The van der Waals surface area contributed by atoms with Crippen LogP contribution in [-0.2, 0) is 19.4 Å². The number of carbonyl (C=O) groups excluding carboxylic acids is 2. The number of nitriles is 1. The van der Waals surface area contributed by atoms with Gasteiger partial charge in [0.15, 0.2) is 9.84 Å². The van der Waals surface area contributed by atoms with Gasteiger partial charge in [0.25, 0.3) is 0 Å². The van der Waals surface area contributed by atoms with E-state index in [0.717, 1.165) is 6.08 Å². The van der Waals surface area contributed by atoms with Crippen LogP contribution in [0.3, 0.4) is 0 Å². The number of nitrogens with zero attached hydrogens (tertiary/aromatic N) is 3. The van der Waals surface area contributed by atoms with Crippen molar-refractivity contribution in [2.45, 2.75) is 86.5 Å². The number of carbonyl (C=O) groups is 2. The lowest BCUT2D eigenvalue weighted by Crippen LogP contribution is -2.53. The highest BCUT2D eigenvalue weighted by molar-refractivity contribution is 7.92. The zero-order valence-electron chi connectivity index (χ0n) is 23.3. The van der Waals surface area contributed by atoms with Crippen LogP contribution in [0.4, 0.5) is 32.0 Å². The summed E-state index contributed by atoms with van der Waals surface area (Å²) in [7, 11) is -4.32. The van der Waals surface area contributed by atoms with Gasteiger partial charge in [-0.3, -0.25) is 9.59 Å². The van der Waals surface area contributed by atoms with Crippen LogP contribution in [0.15, 0.2) is 35.4 Å². The lowest BCUT2D eigenvalue weighted by atomic mass is 9.86. The molecule has 2 amide bonds. The van der Waals surface area contributed by atoms with E-state index in [4.69, 9.17) is 0 Å². The third kappa shape index (κ3) is 5.05. The number of aryl methyl sites for hydroxylation is 1. The molecule has 0 bridgehead atoms. The Bertz CT molecular complexity index is 1520. The lowest BCUT2D eigenvalue weighted by molar-refractivity contribution is -0.201. The minimum absolute atomic E-state index is 0.188. The first kappa shape index (κ1) is 31.2. The Kier molecular flexibility index (Phi) is 7.15. The number of anilines is 1. The molecule has 5 rings (SSSR count). The summed E-state index contributed by atoms with van der Waals surface area (Å²) in [5.74, 6) is -2.25. The largest absolute Gasteiger partial charge is 0.403 e. The number of hydrogen-bond acceptors (Lipinski definition) is 6. The van der Waals surface area contributed by atoms with Gasteiger partial charge in [-0.2, -0.15) is 31.6 Å². The van der Waals surface area contributed by atoms with Gasteiger partial charge in [-0.1, -0.05) is 13.0 Å². The number of likely N-dealkylation sites (tertiary alicyclic amines) is 1. The van der Waals surface area contributed by atoms with Gasteiger partial charge in [-0.25, -0.2) is 8.42 Å². The molecule has 8 nitrogen and oxygen atoms in total. The van der Waals surface area contributed by atoms with Crippen LogP contribution in [0.5, 0.6) is 0 Å². The van der Waals surface area contributed by atoms with Crippen molar-refractivity contribution in [2.75, 3.05) is 18.0 Å². The Morgan fingerprint density at radius 3 is 2.21 bits per heavy atom. The van der Waals surface area contributed by atoms with Gasteiger partial charge in [0.05, 0.1) is 16.2 Å². The van der Waals surface area contributed by atoms with Crippen LogP contribution in [0.1, 0.15) is 51.0 Å². The number of amides is 2. The number of halogens is 6. The Morgan fingerprint density at radius 1 is 1.09 bits per heavy atom. The zero-order chi connectivity index (χ0) is 31.8. The third-order valence-corrected chi connectivity index (χ3v) is 11.6. The smallest absolute Gasteiger partial charge is 0.347 e. The Hall–Kier alpha value is -3.28. The topological polar surface area (TPSA) is 111 Å². The molecule has 2 heterocycles. The fourth-order valence-corrected chi connectivity index (χ4v) is 7.88. The second-order valence-corrected chi connectivity index (χ2v) is 14.2. The molecule has 15 heteroatoms. The van der Waals surface area contributed by atoms with Crippen LogP contribution in [0.25, 0.3) is 0 Å². The molecule has 2 saturated carbocycles. The molecule has 1 aromatic rings. The van der Waals surface area contributed by atoms with Gasteiger partial charge in [-0.05, 0) is 69.2 Å². The molecule has 1 N–H and O–H groups in total. The Morgan fingerprint density at radius 2 is 1.74 bits per heavy atom. The van der Waals surface area contributed by atoms with Crippen LogP contribution in [0.2, 0.25) is 0 Å². The maximum absolute atomic E-state index is 13.8. The molecule has 2 aliphatic carbocycles. The fraction of sp³-hybridized carbons (Fsp3) is 0.607. The van der Waals surface area contributed by atoms with Gasteiger partial charge in [0.1, 0.15) is 22.4 Å². The van der Waals surface area contributed by atoms with E-state index in [1.54, 1.807) is 0 Å². The van der Waals surface area contributed by atoms with Crippen LogP contribution in [0, 0.1) is 29.1 Å². The minimum Gasteiger partial charge on any atom is -0.347 e. The summed E-state index contributed by atoms with van der Waals surface area (Å²) in [4.78, 5) is 28.2. The number of sulfone groups is 1. The van der Waals surface area contributed by atoms with Crippen LogP contribution >= 0.6 is 0 Å². The van der Waals surface area contributed by atoms with Crippen LogP contribution < -0.4 is 10.2 Å². The molecular weight excluding hydrogens is 602 g/mol. The monoisotopic (exact) mass is 632 g/mol. The van der Waals surface area contributed by atoms with E-state index in [9.17, 15) is 49.6 Å². The highest BCUT2D eigenvalue weighted by Crippen LogP contribution is 2.59. The van der Waals surface area contributed by atoms with Crippen molar-refractivity contribution in [3.8, 4) is 6.07 Å². The summed E-state index contributed by atoms with van der Waals surface area (Å²) in [6.07, 6.45) is -7.96. The first-order valence-electron chi connectivity index (χ1n) is 13.8. The van der Waals surface area contributed by atoms with Crippen molar-refractivity contribution >= 4 is 27.3 Å². The Labute approximate surface area is 244 Å². The molecule has 3 fully saturated rings.